The van der Waals surface area contributed by atoms with Crippen LogP contribution in [0.2, 0.25) is 5.02 Å². The van der Waals surface area contributed by atoms with Crippen molar-refractivity contribution in [1.82, 2.24) is 0 Å². The van der Waals surface area contributed by atoms with Crippen molar-refractivity contribution in [3.8, 4) is 5.75 Å². The molecular formula is C9H10Cl2O3. The summed E-state index contributed by atoms with van der Waals surface area (Å²) in [4.78, 5) is 10.4. The molecule has 0 atom stereocenters. The van der Waals surface area contributed by atoms with E-state index in [9.17, 15) is 4.79 Å². The van der Waals surface area contributed by atoms with Gasteiger partial charge in [0.25, 0.3) is 0 Å². The van der Waals surface area contributed by atoms with E-state index in [2.05, 4.69) is 0 Å². The highest BCUT2D eigenvalue weighted by Gasteiger charge is 2.06. The fourth-order valence-corrected chi connectivity index (χ4v) is 1.16. The number of carboxylic acid groups (broad SMARTS) is 1. The first kappa shape index (κ1) is 13.1. The van der Waals surface area contributed by atoms with Crippen LogP contribution in [-0.2, 0) is 11.2 Å². The number of halogens is 2. The van der Waals surface area contributed by atoms with E-state index in [-0.39, 0.29) is 18.8 Å². The van der Waals surface area contributed by atoms with Crippen LogP contribution in [0.1, 0.15) is 5.56 Å². The molecular weight excluding hydrogens is 227 g/mol. The number of benzene rings is 1. The third-order valence-electron chi connectivity index (χ3n) is 1.59. The first-order valence-corrected chi connectivity index (χ1v) is 4.05. The van der Waals surface area contributed by atoms with Gasteiger partial charge in [0, 0.05) is 5.02 Å². The maximum absolute atomic E-state index is 10.4. The summed E-state index contributed by atoms with van der Waals surface area (Å²) in [6, 6.07) is 4.93. The van der Waals surface area contributed by atoms with Gasteiger partial charge in [0.2, 0.25) is 0 Å². The normalized spacial score (nSPS) is 9.00. The quantitative estimate of drug-likeness (QED) is 0.877. The third-order valence-corrected chi connectivity index (χ3v) is 1.96. The Labute approximate surface area is 93.1 Å². The topological polar surface area (TPSA) is 46.5 Å². The molecule has 1 rings (SSSR count). The second-order valence-corrected chi connectivity index (χ2v) is 2.94. The van der Waals surface area contributed by atoms with Gasteiger partial charge in [0.1, 0.15) is 5.75 Å². The Bertz CT molecular complexity index is 326. The summed E-state index contributed by atoms with van der Waals surface area (Å²) in [6.07, 6.45) is -0.0873. The van der Waals surface area contributed by atoms with Crippen LogP contribution in [0.25, 0.3) is 0 Å². The SMILES string of the molecule is COc1ccc(Cl)c(CC(=O)O)c1.Cl. The van der Waals surface area contributed by atoms with Crippen LogP contribution in [0.4, 0.5) is 0 Å². The molecule has 0 aliphatic rings. The van der Waals surface area contributed by atoms with E-state index in [1.54, 1.807) is 18.2 Å². The minimum absolute atomic E-state index is 0. The molecule has 1 aromatic rings. The molecule has 5 heteroatoms. The van der Waals surface area contributed by atoms with E-state index >= 15 is 0 Å². The fourth-order valence-electron chi connectivity index (χ4n) is 0.976. The lowest BCUT2D eigenvalue weighted by Crippen LogP contribution is -2.00. The highest BCUT2D eigenvalue weighted by atomic mass is 35.5. The van der Waals surface area contributed by atoms with Crippen LogP contribution >= 0.6 is 24.0 Å². The van der Waals surface area contributed by atoms with Gasteiger partial charge in [-0.1, -0.05) is 11.6 Å². The molecule has 0 fully saturated rings. The maximum Gasteiger partial charge on any atom is 0.307 e. The van der Waals surface area contributed by atoms with Crippen molar-refractivity contribution < 1.29 is 14.6 Å². The second kappa shape index (κ2) is 5.73. The summed E-state index contributed by atoms with van der Waals surface area (Å²) >= 11 is 5.78. The number of methoxy groups -OCH3 is 1. The average molecular weight is 237 g/mol. The van der Waals surface area contributed by atoms with Crippen LogP contribution in [0, 0.1) is 0 Å². The van der Waals surface area contributed by atoms with Crippen LogP contribution in [0.15, 0.2) is 18.2 Å². The summed E-state index contributed by atoms with van der Waals surface area (Å²) < 4.78 is 4.94. The maximum atomic E-state index is 10.4. The van der Waals surface area contributed by atoms with Gasteiger partial charge in [-0.05, 0) is 23.8 Å². The van der Waals surface area contributed by atoms with Gasteiger partial charge in [-0.25, -0.2) is 0 Å². The van der Waals surface area contributed by atoms with Crippen LogP contribution < -0.4 is 4.74 Å². The van der Waals surface area contributed by atoms with Crippen LogP contribution in [0.3, 0.4) is 0 Å². The zero-order chi connectivity index (χ0) is 9.84. The first-order chi connectivity index (χ1) is 6.13. The summed E-state index contributed by atoms with van der Waals surface area (Å²) in [5.41, 5.74) is 0.563. The van der Waals surface area contributed by atoms with Crippen molar-refractivity contribution in [3.05, 3.63) is 28.8 Å². The van der Waals surface area contributed by atoms with E-state index in [4.69, 9.17) is 21.4 Å². The van der Waals surface area contributed by atoms with Crippen LogP contribution in [-0.4, -0.2) is 18.2 Å². The first-order valence-electron chi connectivity index (χ1n) is 3.67. The van der Waals surface area contributed by atoms with E-state index < -0.39 is 5.97 Å². The molecule has 0 aliphatic carbocycles. The Morgan fingerprint density at radius 3 is 2.71 bits per heavy atom. The summed E-state index contributed by atoms with van der Waals surface area (Å²) in [5.74, 6) is -0.296. The smallest absolute Gasteiger partial charge is 0.307 e. The standard InChI is InChI=1S/C9H9ClO3.ClH/c1-13-7-2-3-8(10)6(4-7)5-9(11)12;/h2-4H,5H2,1H3,(H,11,12);1H. The lowest BCUT2D eigenvalue weighted by Gasteiger charge is -2.04. The lowest BCUT2D eigenvalue weighted by molar-refractivity contribution is -0.136. The molecule has 0 saturated carbocycles. The van der Waals surface area contributed by atoms with Gasteiger partial charge >= 0.3 is 5.97 Å². The molecule has 0 aromatic heterocycles. The molecule has 0 amide bonds. The fraction of sp³-hybridized carbons (Fsp3) is 0.222. The van der Waals surface area contributed by atoms with Crippen molar-refractivity contribution in [1.29, 1.82) is 0 Å². The van der Waals surface area contributed by atoms with Crippen molar-refractivity contribution >= 4 is 30.0 Å². The number of aliphatic carboxylic acids is 1. The summed E-state index contributed by atoms with van der Waals surface area (Å²) in [7, 11) is 1.52. The van der Waals surface area contributed by atoms with Crippen molar-refractivity contribution in [2.45, 2.75) is 6.42 Å². The Kier molecular flexibility index (Phi) is 5.35. The minimum atomic E-state index is -0.907. The molecule has 0 heterocycles. The molecule has 0 aliphatic heterocycles. The number of rotatable bonds is 3. The van der Waals surface area contributed by atoms with Gasteiger partial charge in [0.05, 0.1) is 13.5 Å². The van der Waals surface area contributed by atoms with Crippen molar-refractivity contribution in [2.24, 2.45) is 0 Å². The number of carboxylic acids is 1. The molecule has 78 valence electrons. The molecule has 0 spiro atoms. The molecule has 1 N–H and O–H groups in total. The number of hydrogen-bond acceptors (Lipinski definition) is 2. The van der Waals surface area contributed by atoms with Crippen LogP contribution in [0.5, 0.6) is 5.75 Å². The summed E-state index contributed by atoms with van der Waals surface area (Å²) in [5, 5.41) is 9.00. The Morgan fingerprint density at radius 1 is 1.57 bits per heavy atom. The summed E-state index contributed by atoms with van der Waals surface area (Å²) in [6.45, 7) is 0. The molecule has 0 saturated heterocycles. The highest BCUT2D eigenvalue weighted by molar-refractivity contribution is 6.31. The largest absolute Gasteiger partial charge is 0.497 e. The molecule has 0 unspecified atom stereocenters. The Morgan fingerprint density at radius 2 is 2.21 bits per heavy atom. The molecule has 0 bridgehead atoms. The Hall–Kier alpha value is -0.930. The molecule has 1 aromatic carbocycles. The molecule has 3 nitrogen and oxygen atoms in total. The predicted molar refractivity (Wildman–Crippen MR) is 56.6 cm³/mol. The predicted octanol–water partition coefficient (Wildman–Crippen LogP) is 2.40. The minimum Gasteiger partial charge on any atom is -0.497 e. The lowest BCUT2D eigenvalue weighted by atomic mass is 10.1. The highest BCUT2D eigenvalue weighted by Crippen LogP contribution is 2.22. The van der Waals surface area contributed by atoms with Gasteiger partial charge in [-0.2, -0.15) is 0 Å². The zero-order valence-electron chi connectivity index (χ0n) is 7.49. The van der Waals surface area contributed by atoms with Gasteiger partial charge < -0.3 is 9.84 Å². The van der Waals surface area contributed by atoms with Crippen molar-refractivity contribution in [3.63, 3.8) is 0 Å². The number of hydrogen-bond donors (Lipinski definition) is 1. The molecule has 14 heavy (non-hydrogen) atoms. The van der Waals surface area contributed by atoms with E-state index in [0.717, 1.165) is 0 Å². The second-order valence-electron chi connectivity index (χ2n) is 2.53. The number of ether oxygens (including phenoxy) is 1. The van der Waals surface area contributed by atoms with Gasteiger partial charge in [-0.15, -0.1) is 12.4 Å². The number of carbonyl (C=O) groups is 1. The molecule has 0 radical (unpaired) electrons. The van der Waals surface area contributed by atoms with E-state index in [1.165, 1.54) is 7.11 Å². The third kappa shape index (κ3) is 3.44. The monoisotopic (exact) mass is 236 g/mol. The van der Waals surface area contributed by atoms with E-state index in [0.29, 0.717) is 16.3 Å². The Balaban J connectivity index is 0.00000169. The van der Waals surface area contributed by atoms with Gasteiger partial charge in [-0.3, -0.25) is 4.79 Å². The van der Waals surface area contributed by atoms with Gasteiger partial charge in [0.15, 0.2) is 0 Å². The zero-order valence-corrected chi connectivity index (χ0v) is 9.06. The average Bonchev–Trinajstić information content (AvgIpc) is 2.08. The van der Waals surface area contributed by atoms with E-state index in [1.807, 2.05) is 0 Å². The van der Waals surface area contributed by atoms with Crippen molar-refractivity contribution in [2.75, 3.05) is 7.11 Å².